The first kappa shape index (κ1) is 11.2. The van der Waals surface area contributed by atoms with E-state index in [1.54, 1.807) is 12.3 Å². The van der Waals surface area contributed by atoms with Crippen molar-refractivity contribution in [1.29, 1.82) is 5.26 Å². The highest BCUT2D eigenvalue weighted by molar-refractivity contribution is 6.34. The van der Waals surface area contributed by atoms with Gasteiger partial charge in [0.25, 0.3) is 0 Å². The molecule has 0 radical (unpaired) electrons. The number of halogens is 1. The molecule has 4 heteroatoms. The summed E-state index contributed by atoms with van der Waals surface area (Å²) in [7, 11) is 0. The molecule has 1 aromatic heterocycles. The molecule has 0 saturated heterocycles. The van der Waals surface area contributed by atoms with Gasteiger partial charge in [0.05, 0.1) is 5.56 Å². The van der Waals surface area contributed by atoms with Crippen LogP contribution in [0, 0.1) is 17.2 Å². The second-order valence-electron chi connectivity index (χ2n) is 4.29. The molecule has 2 atom stereocenters. The molecule has 1 saturated carbocycles. The van der Waals surface area contributed by atoms with Gasteiger partial charge in [-0.25, -0.2) is 4.98 Å². The van der Waals surface area contributed by atoms with E-state index in [1.165, 1.54) is 12.8 Å². The average Bonchev–Trinajstić information content (AvgIpc) is 2.68. The van der Waals surface area contributed by atoms with E-state index in [-0.39, 0.29) is 0 Å². The third kappa shape index (κ3) is 2.12. The molecule has 1 N–H and O–H groups in total. The molecule has 0 bridgehead atoms. The number of nitriles is 1. The summed E-state index contributed by atoms with van der Waals surface area (Å²) in [5.74, 6) is 1.28. The van der Waals surface area contributed by atoms with Crippen molar-refractivity contribution in [3.63, 3.8) is 0 Å². The minimum absolute atomic E-state index is 0.430. The number of hydrogen-bond acceptors (Lipinski definition) is 3. The molecule has 0 amide bonds. The van der Waals surface area contributed by atoms with E-state index < -0.39 is 0 Å². The van der Waals surface area contributed by atoms with Crippen molar-refractivity contribution < 1.29 is 0 Å². The van der Waals surface area contributed by atoms with Crippen LogP contribution in [0.15, 0.2) is 12.3 Å². The molecule has 16 heavy (non-hydrogen) atoms. The van der Waals surface area contributed by atoms with Crippen LogP contribution in [0.2, 0.25) is 5.02 Å². The minimum atomic E-state index is 0.430. The molecular weight excluding hydrogens is 222 g/mol. The molecule has 0 aromatic carbocycles. The molecule has 2 rings (SSSR count). The van der Waals surface area contributed by atoms with E-state index in [4.69, 9.17) is 16.9 Å². The molecule has 1 aliphatic carbocycles. The van der Waals surface area contributed by atoms with E-state index in [2.05, 4.69) is 23.3 Å². The van der Waals surface area contributed by atoms with Gasteiger partial charge in [-0.05, 0) is 24.8 Å². The first-order valence-corrected chi connectivity index (χ1v) is 5.91. The fourth-order valence-corrected chi connectivity index (χ4v) is 2.37. The Morgan fingerprint density at radius 3 is 3.00 bits per heavy atom. The van der Waals surface area contributed by atoms with Crippen molar-refractivity contribution in [2.75, 3.05) is 5.32 Å². The Bertz CT molecular complexity index is 425. The molecule has 1 aliphatic rings. The summed E-state index contributed by atoms with van der Waals surface area (Å²) in [5.41, 5.74) is 0.477. The van der Waals surface area contributed by atoms with Gasteiger partial charge in [0.15, 0.2) is 0 Å². The monoisotopic (exact) mass is 235 g/mol. The number of nitrogens with one attached hydrogen (secondary N) is 1. The van der Waals surface area contributed by atoms with Gasteiger partial charge < -0.3 is 5.32 Å². The number of rotatable bonds is 2. The predicted molar refractivity (Wildman–Crippen MR) is 64.4 cm³/mol. The van der Waals surface area contributed by atoms with Crippen LogP contribution in [-0.2, 0) is 0 Å². The molecule has 84 valence electrons. The zero-order valence-electron chi connectivity index (χ0n) is 9.20. The molecule has 0 aliphatic heterocycles. The van der Waals surface area contributed by atoms with Gasteiger partial charge in [-0.2, -0.15) is 5.26 Å². The van der Waals surface area contributed by atoms with E-state index >= 15 is 0 Å². The third-order valence-electron chi connectivity index (χ3n) is 3.19. The van der Waals surface area contributed by atoms with E-state index in [0.717, 1.165) is 6.42 Å². The van der Waals surface area contributed by atoms with Crippen molar-refractivity contribution in [1.82, 2.24) is 4.98 Å². The highest BCUT2D eigenvalue weighted by atomic mass is 35.5. The lowest BCUT2D eigenvalue weighted by molar-refractivity contribution is 0.555. The summed E-state index contributed by atoms with van der Waals surface area (Å²) < 4.78 is 0. The average molecular weight is 236 g/mol. The number of hydrogen-bond donors (Lipinski definition) is 1. The Balaban J connectivity index is 2.19. The Morgan fingerprint density at radius 1 is 1.56 bits per heavy atom. The number of nitrogens with zero attached hydrogens (tertiary/aromatic N) is 2. The lowest BCUT2D eigenvalue weighted by atomic mass is 10.1. The summed E-state index contributed by atoms with van der Waals surface area (Å²) in [4.78, 5) is 4.19. The van der Waals surface area contributed by atoms with Gasteiger partial charge in [0.2, 0.25) is 0 Å². The van der Waals surface area contributed by atoms with Crippen LogP contribution >= 0.6 is 11.6 Å². The van der Waals surface area contributed by atoms with Crippen molar-refractivity contribution in [2.24, 2.45) is 5.92 Å². The molecule has 1 fully saturated rings. The van der Waals surface area contributed by atoms with Crippen LogP contribution in [0.25, 0.3) is 0 Å². The summed E-state index contributed by atoms with van der Waals surface area (Å²) >= 11 is 6.09. The summed E-state index contributed by atoms with van der Waals surface area (Å²) in [6.07, 6.45) is 5.25. The molecular formula is C12H14ClN3. The normalized spacial score (nSPS) is 24.1. The molecule has 1 heterocycles. The van der Waals surface area contributed by atoms with Gasteiger partial charge >= 0.3 is 0 Å². The predicted octanol–water partition coefficient (Wildman–Crippen LogP) is 3.21. The van der Waals surface area contributed by atoms with Crippen LogP contribution in [0.3, 0.4) is 0 Å². The Kier molecular flexibility index (Phi) is 3.31. The van der Waals surface area contributed by atoms with E-state index in [1.807, 2.05) is 0 Å². The van der Waals surface area contributed by atoms with Gasteiger partial charge in [0, 0.05) is 12.2 Å². The van der Waals surface area contributed by atoms with Crippen LogP contribution in [0.1, 0.15) is 31.7 Å². The van der Waals surface area contributed by atoms with Crippen LogP contribution < -0.4 is 5.32 Å². The Labute approximate surface area is 100 Å². The van der Waals surface area contributed by atoms with Gasteiger partial charge in [0.1, 0.15) is 16.9 Å². The molecule has 3 nitrogen and oxygen atoms in total. The van der Waals surface area contributed by atoms with Crippen LogP contribution in [0.5, 0.6) is 0 Å². The number of aromatic nitrogens is 1. The van der Waals surface area contributed by atoms with Crippen molar-refractivity contribution >= 4 is 17.4 Å². The lowest BCUT2D eigenvalue weighted by Crippen LogP contribution is -2.22. The van der Waals surface area contributed by atoms with E-state index in [9.17, 15) is 0 Å². The molecule has 1 aromatic rings. The smallest absolute Gasteiger partial charge is 0.146 e. The van der Waals surface area contributed by atoms with Gasteiger partial charge in [-0.15, -0.1) is 0 Å². The SMILES string of the molecule is CC1CCCC1Nc1nccc(C#N)c1Cl. The standard InChI is InChI=1S/C12H14ClN3/c1-8-3-2-4-10(8)16-12-11(13)9(7-14)5-6-15-12/h5-6,8,10H,2-4H2,1H3,(H,15,16). The first-order valence-electron chi connectivity index (χ1n) is 5.53. The lowest BCUT2D eigenvalue weighted by Gasteiger charge is -2.18. The number of pyridine rings is 1. The van der Waals surface area contributed by atoms with Crippen molar-refractivity contribution in [3.8, 4) is 6.07 Å². The maximum atomic E-state index is 8.87. The molecule has 2 unspecified atom stereocenters. The maximum Gasteiger partial charge on any atom is 0.146 e. The largest absolute Gasteiger partial charge is 0.366 e. The fraction of sp³-hybridized carbons (Fsp3) is 0.500. The summed E-state index contributed by atoms with van der Waals surface area (Å²) in [6.45, 7) is 2.23. The topological polar surface area (TPSA) is 48.7 Å². The Hall–Kier alpha value is -1.27. The fourth-order valence-electron chi connectivity index (χ4n) is 2.17. The van der Waals surface area contributed by atoms with Gasteiger partial charge in [-0.3, -0.25) is 0 Å². The zero-order chi connectivity index (χ0) is 11.5. The van der Waals surface area contributed by atoms with E-state index in [0.29, 0.717) is 28.4 Å². The highest BCUT2D eigenvalue weighted by Crippen LogP contribution is 2.30. The Morgan fingerprint density at radius 2 is 2.38 bits per heavy atom. The first-order chi connectivity index (χ1) is 7.72. The second kappa shape index (κ2) is 4.71. The van der Waals surface area contributed by atoms with Crippen LogP contribution in [-0.4, -0.2) is 11.0 Å². The zero-order valence-corrected chi connectivity index (χ0v) is 9.96. The summed E-state index contributed by atoms with van der Waals surface area (Å²) in [5, 5.41) is 12.6. The summed E-state index contributed by atoms with van der Waals surface area (Å²) in [6, 6.07) is 4.12. The second-order valence-corrected chi connectivity index (χ2v) is 4.67. The number of anilines is 1. The van der Waals surface area contributed by atoms with Crippen molar-refractivity contribution in [3.05, 3.63) is 22.8 Å². The quantitative estimate of drug-likeness (QED) is 0.856. The van der Waals surface area contributed by atoms with Gasteiger partial charge in [-0.1, -0.05) is 24.9 Å². The highest BCUT2D eigenvalue weighted by Gasteiger charge is 2.24. The van der Waals surface area contributed by atoms with Crippen molar-refractivity contribution in [2.45, 2.75) is 32.2 Å². The van der Waals surface area contributed by atoms with Crippen LogP contribution in [0.4, 0.5) is 5.82 Å². The third-order valence-corrected chi connectivity index (χ3v) is 3.58. The maximum absolute atomic E-state index is 8.87. The molecule has 0 spiro atoms. The minimum Gasteiger partial charge on any atom is -0.366 e.